The second kappa shape index (κ2) is 7.21. The lowest BCUT2D eigenvalue weighted by Gasteiger charge is -2.04. The van der Waals surface area contributed by atoms with Crippen molar-refractivity contribution in [1.82, 2.24) is 4.98 Å². The second-order valence-electron chi connectivity index (χ2n) is 4.99. The van der Waals surface area contributed by atoms with Crippen molar-refractivity contribution in [3.63, 3.8) is 0 Å². The van der Waals surface area contributed by atoms with E-state index in [1.54, 1.807) is 0 Å². The summed E-state index contributed by atoms with van der Waals surface area (Å²) in [5.41, 5.74) is 2.36. The number of Topliss-reactive ketones (excluding diaryl/α,β-unsaturated/α-hetero) is 1. The van der Waals surface area contributed by atoms with Gasteiger partial charge in [-0.25, -0.2) is 0 Å². The van der Waals surface area contributed by atoms with Gasteiger partial charge in [0.05, 0.1) is 0 Å². The van der Waals surface area contributed by atoms with Crippen LogP contribution in [0.4, 0.5) is 0 Å². The van der Waals surface area contributed by atoms with Crippen LogP contribution in [0.2, 0.25) is 0 Å². The van der Waals surface area contributed by atoms with Crippen molar-refractivity contribution in [3.05, 3.63) is 29.6 Å². The molecule has 1 rings (SSSR count). The molecule has 0 bridgehead atoms. The van der Waals surface area contributed by atoms with E-state index in [0.717, 1.165) is 37.8 Å². The summed E-state index contributed by atoms with van der Waals surface area (Å²) < 4.78 is 0. The molecular formula is C15H23NO. The van der Waals surface area contributed by atoms with Crippen molar-refractivity contribution in [2.75, 3.05) is 0 Å². The Morgan fingerprint density at radius 2 is 2.00 bits per heavy atom. The van der Waals surface area contributed by atoms with Gasteiger partial charge in [-0.15, -0.1) is 0 Å². The van der Waals surface area contributed by atoms with Crippen LogP contribution in [0.15, 0.2) is 18.3 Å². The molecule has 1 heterocycles. The summed E-state index contributed by atoms with van der Waals surface area (Å²) in [7, 11) is 0. The Morgan fingerprint density at radius 3 is 2.59 bits per heavy atom. The summed E-state index contributed by atoms with van der Waals surface area (Å²) in [6.07, 6.45) is 7.07. The minimum absolute atomic E-state index is 0.191. The molecule has 0 aliphatic rings. The second-order valence-corrected chi connectivity index (χ2v) is 4.99. The standard InChI is InChI=1S/C15H23NO/c1-12(2)15(17)8-6-4-5-7-14-10-9-13(3)16-11-14/h9-12H,4-8H2,1-3H3. The lowest BCUT2D eigenvalue weighted by molar-refractivity contribution is -0.122. The average molecular weight is 233 g/mol. The highest BCUT2D eigenvalue weighted by Gasteiger charge is 2.05. The third-order valence-electron chi connectivity index (χ3n) is 3.01. The molecule has 2 heteroatoms. The summed E-state index contributed by atoms with van der Waals surface area (Å²) in [6, 6.07) is 4.19. The van der Waals surface area contributed by atoms with Crippen LogP contribution in [0.25, 0.3) is 0 Å². The van der Waals surface area contributed by atoms with E-state index < -0.39 is 0 Å². The zero-order valence-electron chi connectivity index (χ0n) is 11.2. The largest absolute Gasteiger partial charge is 0.299 e. The van der Waals surface area contributed by atoms with Crippen LogP contribution in [-0.2, 0) is 11.2 Å². The topological polar surface area (TPSA) is 30.0 Å². The van der Waals surface area contributed by atoms with Crippen molar-refractivity contribution in [1.29, 1.82) is 0 Å². The lowest BCUT2D eigenvalue weighted by Crippen LogP contribution is -2.06. The number of aromatic nitrogens is 1. The lowest BCUT2D eigenvalue weighted by atomic mass is 10.0. The van der Waals surface area contributed by atoms with Gasteiger partial charge in [0.1, 0.15) is 5.78 Å². The Labute approximate surface area is 104 Å². The number of carbonyl (C=O) groups is 1. The number of carbonyl (C=O) groups excluding carboxylic acids is 1. The fourth-order valence-corrected chi connectivity index (χ4v) is 1.74. The van der Waals surface area contributed by atoms with Crippen LogP contribution in [0.1, 0.15) is 50.8 Å². The quantitative estimate of drug-likeness (QED) is 0.672. The van der Waals surface area contributed by atoms with Gasteiger partial charge in [0.15, 0.2) is 0 Å². The van der Waals surface area contributed by atoms with E-state index >= 15 is 0 Å². The molecule has 0 amide bonds. The predicted octanol–water partition coefficient (Wildman–Crippen LogP) is 3.72. The Bertz CT molecular complexity index is 340. The number of ketones is 1. The van der Waals surface area contributed by atoms with Crippen LogP contribution in [0.5, 0.6) is 0 Å². The number of hydrogen-bond donors (Lipinski definition) is 0. The monoisotopic (exact) mass is 233 g/mol. The highest BCUT2D eigenvalue weighted by atomic mass is 16.1. The molecule has 0 fully saturated rings. The number of aryl methyl sites for hydroxylation is 2. The maximum Gasteiger partial charge on any atom is 0.135 e. The zero-order valence-corrected chi connectivity index (χ0v) is 11.2. The van der Waals surface area contributed by atoms with Gasteiger partial charge in [-0.1, -0.05) is 26.3 Å². The minimum atomic E-state index is 0.191. The fourth-order valence-electron chi connectivity index (χ4n) is 1.74. The van der Waals surface area contributed by atoms with Gasteiger partial charge >= 0.3 is 0 Å². The molecule has 0 aromatic carbocycles. The highest BCUT2D eigenvalue weighted by molar-refractivity contribution is 5.80. The molecule has 2 nitrogen and oxygen atoms in total. The third kappa shape index (κ3) is 5.62. The molecule has 0 spiro atoms. The molecule has 0 radical (unpaired) electrons. The summed E-state index contributed by atoms with van der Waals surface area (Å²) in [5, 5.41) is 0. The zero-order chi connectivity index (χ0) is 12.7. The van der Waals surface area contributed by atoms with Crippen molar-refractivity contribution in [3.8, 4) is 0 Å². The van der Waals surface area contributed by atoms with Crippen molar-refractivity contribution >= 4 is 5.78 Å². The molecule has 0 atom stereocenters. The molecule has 17 heavy (non-hydrogen) atoms. The van der Waals surface area contributed by atoms with Gasteiger partial charge in [-0.05, 0) is 37.8 Å². The van der Waals surface area contributed by atoms with E-state index in [0.29, 0.717) is 5.78 Å². The van der Waals surface area contributed by atoms with Gasteiger partial charge in [-0.2, -0.15) is 0 Å². The molecule has 0 N–H and O–H groups in total. The highest BCUT2D eigenvalue weighted by Crippen LogP contribution is 2.09. The van der Waals surface area contributed by atoms with Gasteiger partial charge in [-0.3, -0.25) is 9.78 Å². The molecule has 1 aromatic rings. The van der Waals surface area contributed by atoms with Crippen LogP contribution in [-0.4, -0.2) is 10.8 Å². The van der Waals surface area contributed by atoms with E-state index in [2.05, 4.69) is 17.1 Å². The molecule has 0 aliphatic carbocycles. The first-order valence-electron chi connectivity index (χ1n) is 6.54. The number of rotatable bonds is 7. The number of pyridine rings is 1. The van der Waals surface area contributed by atoms with E-state index in [9.17, 15) is 4.79 Å². The van der Waals surface area contributed by atoms with E-state index in [1.165, 1.54) is 5.56 Å². The SMILES string of the molecule is Cc1ccc(CCCCCC(=O)C(C)C)cn1. The van der Waals surface area contributed by atoms with Crippen molar-refractivity contribution in [2.24, 2.45) is 5.92 Å². The smallest absolute Gasteiger partial charge is 0.135 e. The first-order chi connectivity index (χ1) is 8.09. The van der Waals surface area contributed by atoms with Crippen LogP contribution < -0.4 is 0 Å². The van der Waals surface area contributed by atoms with Crippen LogP contribution in [0, 0.1) is 12.8 Å². The van der Waals surface area contributed by atoms with E-state index in [4.69, 9.17) is 0 Å². The van der Waals surface area contributed by atoms with Gasteiger partial charge < -0.3 is 0 Å². The summed E-state index contributed by atoms with van der Waals surface area (Å²) in [6.45, 7) is 5.95. The first-order valence-corrected chi connectivity index (χ1v) is 6.54. The van der Waals surface area contributed by atoms with E-state index in [1.807, 2.05) is 27.0 Å². The number of unbranched alkanes of at least 4 members (excludes halogenated alkanes) is 2. The van der Waals surface area contributed by atoms with E-state index in [-0.39, 0.29) is 5.92 Å². The third-order valence-corrected chi connectivity index (χ3v) is 3.01. The molecule has 0 saturated heterocycles. The minimum Gasteiger partial charge on any atom is -0.299 e. The maximum atomic E-state index is 11.4. The van der Waals surface area contributed by atoms with Crippen molar-refractivity contribution < 1.29 is 4.79 Å². The van der Waals surface area contributed by atoms with Gasteiger partial charge in [0.2, 0.25) is 0 Å². The Hall–Kier alpha value is -1.18. The molecule has 1 aromatic heterocycles. The van der Waals surface area contributed by atoms with Crippen LogP contribution in [0.3, 0.4) is 0 Å². The molecular weight excluding hydrogens is 210 g/mol. The summed E-state index contributed by atoms with van der Waals surface area (Å²) >= 11 is 0. The Kier molecular flexibility index (Phi) is 5.88. The maximum absolute atomic E-state index is 11.4. The van der Waals surface area contributed by atoms with Gasteiger partial charge in [0, 0.05) is 24.2 Å². The predicted molar refractivity (Wildman–Crippen MR) is 71.0 cm³/mol. The summed E-state index contributed by atoms with van der Waals surface area (Å²) in [4.78, 5) is 15.7. The normalized spacial score (nSPS) is 10.8. The Morgan fingerprint density at radius 1 is 1.24 bits per heavy atom. The first kappa shape index (κ1) is 13.9. The van der Waals surface area contributed by atoms with Crippen LogP contribution >= 0.6 is 0 Å². The Balaban J connectivity index is 2.12. The van der Waals surface area contributed by atoms with Gasteiger partial charge in [0.25, 0.3) is 0 Å². The summed E-state index contributed by atoms with van der Waals surface area (Å²) in [5.74, 6) is 0.582. The molecule has 94 valence electrons. The van der Waals surface area contributed by atoms with Crippen molar-refractivity contribution in [2.45, 2.75) is 52.9 Å². The molecule has 0 aliphatic heterocycles. The number of nitrogens with zero attached hydrogens (tertiary/aromatic N) is 1. The molecule has 0 saturated carbocycles. The fraction of sp³-hybridized carbons (Fsp3) is 0.600. The number of hydrogen-bond acceptors (Lipinski definition) is 2. The molecule has 0 unspecified atom stereocenters. The average Bonchev–Trinajstić information content (AvgIpc) is 2.30.